The first kappa shape index (κ1) is 25.6. The third kappa shape index (κ3) is 4.56. The van der Waals surface area contributed by atoms with Crippen molar-refractivity contribution in [2.45, 2.75) is 33.2 Å². The van der Waals surface area contributed by atoms with Crippen molar-refractivity contribution in [2.75, 3.05) is 25.7 Å². The number of nitriles is 1. The Bertz CT molecular complexity index is 1420. The average molecular weight is 499 g/mol. The number of aromatic nitrogens is 1. The fourth-order valence-corrected chi connectivity index (χ4v) is 4.99. The van der Waals surface area contributed by atoms with Crippen molar-refractivity contribution in [1.82, 2.24) is 4.98 Å². The predicted molar refractivity (Wildman–Crippen MR) is 141 cm³/mol. The molecule has 0 spiro atoms. The highest BCUT2D eigenvalue weighted by Crippen LogP contribution is 2.51. The Kier molecular flexibility index (Phi) is 7.35. The number of amides is 1. The van der Waals surface area contributed by atoms with Crippen molar-refractivity contribution in [3.8, 4) is 23.4 Å². The van der Waals surface area contributed by atoms with Crippen LogP contribution in [-0.4, -0.2) is 31.7 Å². The molecule has 1 aliphatic rings. The number of nitrogens with zero attached hydrogens (tertiary/aromatic N) is 3. The lowest BCUT2D eigenvalue weighted by Crippen LogP contribution is -2.35. The third-order valence-corrected chi connectivity index (χ3v) is 6.62. The number of methoxy groups -OCH3 is 2. The first-order chi connectivity index (χ1) is 17.9. The van der Waals surface area contributed by atoms with E-state index in [0.717, 1.165) is 28.1 Å². The minimum atomic E-state index is -0.613. The lowest BCUT2D eigenvalue weighted by molar-refractivity contribution is -0.114. The Hall–Kier alpha value is -4.51. The lowest BCUT2D eigenvalue weighted by atomic mass is 9.78. The number of nitrogens with two attached hydrogens (primary N) is 1. The van der Waals surface area contributed by atoms with Crippen molar-refractivity contribution >= 4 is 11.6 Å². The van der Waals surface area contributed by atoms with Crippen LogP contribution in [0.4, 0.5) is 5.69 Å². The van der Waals surface area contributed by atoms with Gasteiger partial charge in [0.1, 0.15) is 11.5 Å². The zero-order valence-electron chi connectivity index (χ0n) is 21.7. The van der Waals surface area contributed by atoms with E-state index < -0.39 is 11.8 Å². The molecule has 1 amide bonds. The highest BCUT2D eigenvalue weighted by atomic mass is 16.5. The number of carbonyl (C=O) groups is 1. The van der Waals surface area contributed by atoms with Gasteiger partial charge in [-0.25, -0.2) is 4.98 Å². The molecule has 4 rings (SSSR count). The van der Waals surface area contributed by atoms with Crippen LogP contribution in [0.5, 0.6) is 17.4 Å². The van der Waals surface area contributed by atoms with Crippen LogP contribution in [-0.2, 0) is 11.3 Å². The largest absolute Gasteiger partial charge is 0.496 e. The highest BCUT2D eigenvalue weighted by Gasteiger charge is 2.40. The number of aryl methyl sites for hydroxylation is 1. The standard InChI is InChI=1S/C29H30N4O4/c1-6-37-29-26-25(21-12-11-19(14-30)13-23(21)36-5)24(28(31)34)18(3)33(27(26)17(2)15-32-29)16-20-9-7-8-10-22(20)35-4/h7-13,15,25H,6,16H2,1-5H3,(H2,31,34). The fourth-order valence-electron chi connectivity index (χ4n) is 4.99. The van der Waals surface area contributed by atoms with Crippen molar-refractivity contribution in [2.24, 2.45) is 5.73 Å². The molecule has 1 aromatic heterocycles. The monoisotopic (exact) mass is 498 g/mol. The van der Waals surface area contributed by atoms with Gasteiger partial charge in [0.15, 0.2) is 0 Å². The molecule has 37 heavy (non-hydrogen) atoms. The molecule has 0 bridgehead atoms. The van der Waals surface area contributed by atoms with Gasteiger partial charge < -0.3 is 24.8 Å². The maximum atomic E-state index is 13.1. The molecule has 8 nitrogen and oxygen atoms in total. The molecule has 0 aliphatic carbocycles. The van der Waals surface area contributed by atoms with Crippen LogP contribution < -0.4 is 24.8 Å². The number of fused-ring (bicyclic) bond motifs is 1. The molecule has 1 atom stereocenters. The van der Waals surface area contributed by atoms with E-state index in [1.807, 2.05) is 45.0 Å². The summed E-state index contributed by atoms with van der Waals surface area (Å²) >= 11 is 0. The minimum absolute atomic E-state index is 0.390. The van der Waals surface area contributed by atoms with Gasteiger partial charge in [-0.3, -0.25) is 4.79 Å². The first-order valence-corrected chi connectivity index (χ1v) is 12.0. The Labute approximate surface area is 216 Å². The van der Waals surface area contributed by atoms with E-state index in [9.17, 15) is 10.1 Å². The van der Waals surface area contributed by atoms with Gasteiger partial charge in [0.05, 0.1) is 56.2 Å². The van der Waals surface area contributed by atoms with Crippen molar-refractivity contribution < 1.29 is 19.0 Å². The van der Waals surface area contributed by atoms with E-state index >= 15 is 0 Å². The van der Waals surface area contributed by atoms with E-state index in [4.69, 9.17) is 19.9 Å². The quantitative estimate of drug-likeness (QED) is 0.484. The van der Waals surface area contributed by atoms with Crippen LogP contribution in [0.1, 0.15) is 47.6 Å². The number of allylic oxidation sites excluding steroid dienone is 1. The number of hydrogen-bond acceptors (Lipinski definition) is 7. The van der Waals surface area contributed by atoms with Gasteiger partial charge >= 0.3 is 0 Å². The molecule has 0 radical (unpaired) electrons. The zero-order chi connectivity index (χ0) is 26.7. The second-order valence-corrected chi connectivity index (χ2v) is 8.70. The average Bonchev–Trinajstić information content (AvgIpc) is 2.90. The Morgan fingerprint density at radius 1 is 1.14 bits per heavy atom. The van der Waals surface area contributed by atoms with Gasteiger partial charge in [0.2, 0.25) is 11.8 Å². The normalized spacial score (nSPS) is 14.6. The van der Waals surface area contributed by atoms with E-state index in [1.54, 1.807) is 31.5 Å². The number of hydrogen-bond donors (Lipinski definition) is 1. The number of rotatable bonds is 8. The van der Waals surface area contributed by atoms with Crippen LogP contribution in [0.2, 0.25) is 0 Å². The summed E-state index contributed by atoms with van der Waals surface area (Å²) in [7, 11) is 3.17. The summed E-state index contributed by atoms with van der Waals surface area (Å²) < 4.78 is 17.3. The molecule has 190 valence electrons. The van der Waals surface area contributed by atoms with Crippen molar-refractivity contribution in [3.63, 3.8) is 0 Å². The SMILES string of the molecule is CCOc1ncc(C)c2c1C(c1ccc(C#N)cc1OC)C(C(N)=O)=C(C)N2Cc1ccccc1OC. The van der Waals surface area contributed by atoms with E-state index in [0.29, 0.717) is 47.2 Å². The zero-order valence-corrected chi connectivity index (χ0v) is 21.7. The summed E-state index contributed by atoms with van der Waals surface area (Å²) in [5, 5.41) is 9.43. The van der Waals surface area contributed by atoms with E-state index in [-0.39, 0.29) is 0 Å². The van der Waals surface area contributed by atoms with Gasteiger partial charge in [-0.15, -0.1) is 0 Å². The van der Waals surface area contributed by atoms with Crippen molar-refractivity contribution in [1.29, 1.82) is 5.26 Å². The second-order valence-electron chi connectivity index (χ2n) is 8.70. The summed E-state index contributed by atoms with van der Waals surface area (Å²) in [6, 6.07) is 15.1. The highest BCUT2D eigenvalue weighted by molar-refractivity contribution is 5.98. The lowest BCUT2D eigenvalue weighted by Gasteiger charge is -2.39. The smallest absolute Gasteiger partial charge is 0.247 e. The topological polar surface area (TPSA) is 111 Å². The molecule has 0 saturated heterocycles. The van der Waals surface area contributed by atoms with Crippen molar-refractivity contribution in [3.05, 3.63) is 87.7 Å². The van der Waals surface area contributed by atoms with Crippen LogP contribution in [0.3, 0.4) is 0 Å². The van der Waals surface area contributed by atoms with E-state index in [1.165, 1.54) is 7.11 Å². The molecule has 8 heteroatoms. The molecule has 2 aromatic carbocycles. The van der Waals surface area contributed by atoms with Crippen LogP contribution >= 0.6 is 0 Å². The number of benzene rings is 2. The molecule has 0 saturated carbocycles. The molecule has 2 heterocycles. The molecular weight excluding hydrogens is 468 g/mol. The molecule has 1 unspecified atom stereocenters. The second kappa shape index (κ2) is 10.6. The summed E-state index contributed by atoms with van der Waals surface area (Å²) in [6.45, 7) is 6.58. The van der Waals surface area contributed by atoms with Gasteiger partial charge in [-0.1, -0.05) is 24.3 Å². The number of pyridine rings is 1. The van der Waals surface area contributed by atoms with Crippen LogP contribution in [0.25, 0.3) is 0 Å². The van der Waals surface area contributed by atoms with Crippen LogP contribution in [0.15, 0.2) is 59.9 Å². The van der Waals surface area contributed by atoms with Gasteiger partial charge in [0.25, 0.3) is 0 Å². The molecule has 3 aromatic rings. The summed E-state index contributed by atoms with van der Waals surface area (Å²) in [4.78, 5) is 19.8. The fraction of sp³-hybridized carbons (Fsp3) is 0.276. The molecule has 2 N–H and O–H groups in total. The Morgan fingerprint density at radius 3 is 2.51 bits per heavy atom. The first-order valence-electron chi connectivity index (χ1n) is 12.0. The Balaban J connectivity index is 2.06. The van der Waals surface area contributed by atoms with Gasteiger partial charge in [-0.2, -0.15) is 5.26 Å². The predicted octanol–water partition coefficient (Wildman–Crippen LogP) is 4.59. The van der Waals surface area contributed by atoms with Gasteiger partial charge in [0, 0.05) is 28.6 Å². The molecule has 0 fully saturated rings. The van der Waals surface area contributed by atoms with Gasteiger partial charge in [-0.05, 0) is 44.5 Å². The summed E-state index contributed by atoms with van der Waals surface area (Å²) in [5.41, 5.74) is 11.8. The molecule has 1 aliphatic heterocycles. The maximum Gasteiger partial charge on any atom is 0.247 e. The Morgan fingerprint density at radius 2 is 1.86 bits per heavy atom. The van der Waals surface area contributed by atoms with E-state index in [2.05, 4.69) is 16.0 Å². The number of anilines is 1. The molecular formula is C29H30N4O4. The van der Waals surface area contributed by atoms with Crippen LogP contribution in [0, 0.1) is 18.3 Å². The number of carbonyl (C=O) groups excluding carboxylic acids is 1. The number of ether oxygens (including phenoxy) is 3. The number of primary amides is 1. The summed E-state index contributed by atoms with van der Waals surface area (Å²) in [6.07, 6.45) is 1.77. The summed E-state index contributed by atoms with van der Waals surface area (Å²) in [5.74, 6) is 0.455. The minimum Gasteiger partial charge on any atom is -0.496 e. The maximum absolute atomic E-state index is 13.1. The third-order valence-electron chi connectivity index (χ3n) is 6.62. The number of para-hydroxylation sites is 1.